The van der Waals surface area contributed by atoms with Crippen LogP contribution in [-0.2, 0) is 0 Å². The Kier molecular flexibility index (Phi) is 1.46. The first-order valence-corrected chi connectivity index (χ1v) is 5.75. The van der Waals surface area contributed by atoms with Gasteiger partial charge in [-0.25, -0.2) is 0 Å². The van der Waals surface area contributed by atoms with Crippen molar-refractivity contribution in [3.05, 3.63) is 0 Å². The molecule has 0 heterocycles. The standard InChI is InChI=1S/C10H18B2/c11-9-6-1-5-2-7(4-6)10(12)8(9)3-5/h5-10H,1-4,11-12H2/t5-,6-,7?,8?,9?,10?/m0/s1. The second-order valence-electron chi connectivity index (χ2n) is 5.71. The summed E-state index contributed by atoms with van der Waals surface area (Å²) >= 11 is 0. The summed E-state index contributed by atoms with van der Waals surface area (Å²) < 4.78 is 0. The molecule has 4 aliphatic carbocycles. The zero-order valence-electron chi connectivity index (χ0n) is 8.29. The normalized spacial score (nSPS) is 62.3. The highest BCUT2D eigenvalue weighted by Gasteiger charge is 2.49. The van der Waals surface area contributed by atoms with Crippen LogP contribution in [0, 0.1) is 23.7 Å². The Hall–Kier alpha value is 0.130. The van der Waals surface area contributed by atoms with E-state index in [1.165, 1.54) is 0 Å². The summed E-state index contributed by atoms with van der Waals surface area (Å²) in [5.74, 6) is 6.64. The summed E-state index contributed by atoms with van der Waals surface area (Å²) in [6.45, 7) is 0. The van der Waals surface area contributed by atoms with Crippen molar-refractivity contribution in [2.75, 3.05) is 0 Å². The van der Waals surface area contributed by atoms with E-state index in [-0.39, 0.29) is 0 Å². The fraction of sp³-hybridized carbons (Fsp3) is 1.00. The SMILES string of the molecule is BC1C2C[C@H]3CC1C(B)[C@H](C2)C3. The van der Waals surface area contributed by atoms with Gasteiger partial charge >= 0.3 is 0 Å². The lowest BCUT2D eigenvalue weighted by Gasteiger charge is -2.57. The molecule has 2 heteroatoms. The van der Waals surface area contributed by atoms with Crippen LogP contribution in [0.15, 0.2) is 0 Å². The van der Waals surface area contributed by atoms with Crippen LogP contribution in [0.5, 0.6) is 0 Å². The average Bonchev–Trinajstić information content (AvgIpc) is 2.07. The molecule has 4 unspecified atom stereocenters. The number of hydrogen-bond acceptors (Lipinski definition) is 0. The van der Waals surface area contributed by atoms with Gasteiger partial charge in [-0.3, -0.25) is 0 Å². The van der Waals surface area contributed by atoms with Crippen LogP contribution in [0.4, 0.5) is 0 Å². The number of hydrogen-bond donors (Lipinski definition) is 0. The molecule has 4 rings (SSSR count). The quantitative estimate of drug-likeness (QED) is 0.461. The van der Waals surface area contributed by atoms with Gasteiger partial charge in [-0.1, -0.05) is 11.6 Å². The second kappa shape index (κ2) is 2.33. The van der Waals surface area contributed by atoms with Crippen molar-refractivity contribution in [3.63, 3.8) is 0 Å². The lowest BCUT2D eigenvalue weighted by Crippen LogP contribution is -2.46. The zero-order chi connectivity index (χ0) is 8.29. The van der Waals surface area contributed by atoms with Gasteiger partial charge in [-0.05, 0) is 49.4 Å². The highest BCUT2D eigenvalue weighted by molar-refractivity contribution is 6.16. The van der Waals surface area contributed by atoms with E-state index in [1.807, 2.05) is 0 Å². The summed E-state index contributed by atoms with van der Waals surface area (Å²) in [4.78, 5) is 0. The molecule has 0 spiro atoms. The van der Waals surface area contributed by atoms with Gasteiger partial charge in [0.05, 0.1) is 0 Å². The van der Waals surface area contributed by atoms with E-state index in [0.29, 0.717) is 0 Å². The Morgan fingerprint density at radius 2 is 1.33 bits per heavy atom. The van der Waals surface area contributed by atoms with Crippen LogP contribution in [-0.4, -0.2) is 15.7 Å². The molecule has 0 N–H and O–H groups in total. The van der Waals surface area contributed by atoms with Crippen molar-refractivity contribution in [3.8, 4) is 0 Å². The van der Waals surface area contributed by atoms with Crippen LogP contribution >= 0.6 is 0 Å². The van der Waals surface area contributed by atoms with Gasteiger partial charge in [0, 0.05) is 0 Å². The molecular weight excluding hydrogens is 142 g/mol. The molecule has 64 valence electrons. The van der Waals surface area contributed by atoms with Crippen LogP contribution in [0.2, 0.25) is 11.6 Å². The third-order valence-corrected chi connectivity index (χ3v) is 5.32. The minimum atomic E-state index is 1.06. The minimum Gasteiger partial charge on any atom is -0.0645 e. The maximum Gasteiger partial charge on any atom is 0.106 e. The second-order valence-corrected chi connectivity index (χ2v) is 5.71. The average molecular weight is 160 g/mol. The molecule has 0 aliphatic heterocycles. The molecule has 4 bridgehead atoms. The van der Waals surface area contributed by atoms with E-state index in [2.05, 4.69) is 15.7 Å². The van der Waals surface area contributed by atoms with Gasteiger partial charge in [0.1, 0.15) is 15.7 Å². The lowest BCUT2D eigenvalue weighted by molar-refractivity contribution is 0.0223. The van der Waals surface area contributed by atoms with E-state index < -0.39 is 0 Å². The van der Waals surface area contributed by atoms with E-state index in [1.54, 1.807) is 25.7 Å². The van der Waals surface area contributed by atoms with Crippen molar-refractivity contribution in [1.29, 1.82) is 0 Å². The summed E-state index contributed by atoms with van der Waals surface area (Å²) in [6, 6.07) is 0. The molecule has 0 aromatic heterocycles. The third kappa shape index (κ3) is 0.818. The Morgan fingerprint density at radius 3 is 1.92 bits per heavy atom. The fourth-order valence-corrected chi connectivity index (χ4v) is 4.58. The first kappa shape index (κ1) is 7.53. The zero-order valence-corrected chi connectivity index (χ0v) is 8.29. The third-order valence-electron chi connectivity index (χ3n) is 5.32. The molecule has 0 aromatic rings. The van der Waals surface area contributed by atoms with Crippen LogP contribution in [0.25, 0.3) is 0 Å². The van der Waals surface area contributed by atoms with Gasteiger partial charge in [-0.15, -0.1) is 0 Å². The Balaban J connectivity index is 1.93. The predicted octanol–water partition coefficient (Wildman–Crippen LogP) is 0.896. The monoisotopic (exact) mass is 160 g/mol. The Labute approximate surface area is 77.3 Å². The van der Waals surface area contributed by atoms with Gasteiger partial charge in [0.15, 0.2) is 0 Å². The summed E-state index contributed by atoms with van der Waals surface area (Å²) in [5, 5.41) is 0. The van der Waals surface area contributed by atoms with Crippen molar-refractivity contribution < 1.29 is 0 Å². The Bertz CT molecular complexity index is 186. The van der Waals surface area contributed by atoms with E-state index in [9.17, 15) is 0 Å². The lowest BCUT2D eigenvalue weighted by atomic mass is 9.40. The highest BCUT2D eigenvalue weighted by atomic mass is 14.5. The molecule has 0 aromatic carbocycles. The van der Waals surface area contributed by atoms with Crippen LogP contribution < -0.4 is 0 Å². The largest absolute Gasteiger partial charge is 0.106 e. The van der Waals surface area contributed by atoms with Gasteiger partial charge in [0.2, 0.25) is 0 Å². The topological polar surface area (TPSA) is 0 Å². The van der Waals surface area contributed by atoms with Crippen molar-refractivity contribution in [2.45, 2.75) is 37.3 Å². The first-order valence-electron chi connectivity index (χ1n) is 5.75. The van der Waals surface area contributed by atoms with E-state index in [0.717, 1.165) is 35.3 Å². The molecule has 0 saturated heterocycles. The van der Waals surface area contributed by atoms with Crippen LogP contribution in [0.1, 0.15) is 25.7 Å². The Morgan fingerprint density at radius 1 is 0.750 bits per heavy atom. The summed E-state index contributed by atoms with van der Waals surface area (Å²) in [6.07, 6.45) is 6.33. The maximum atomic E-state index is 2.52. The molecule has 12 heavy (non-hydrogen) atoms. The molecule has 6 atom stereocenters. The molecule has 0 nitrogen and oxygen atoms in total. The highest BCUT2D eigenvalue weighted by Crippen LogP contribution is 2.61. The molecular formula is C10H18B2. The predicted molar refractivity (Wildman–Crippen MR) is 57.0 cm³/mol. The van der Waals surface area contributed by atoms with E-state index in [4.69, 9.17) is 0 Å². The van der Waals surface area contributed by atoms with Crippen molar-refractivity contribution in [1.82, 2.24) is 0 Å². The van der Waals surface area contributed by atoms with Crippen LogP contribution in [0.3, 0.4) is 0 Å². The molecule has 4 fully saturated rings. The summed E-state index contributed by atoms with van der Waals surface area (Å²) in [5.41, 5.74) is 0. The van der Waals surface area contributed by atoms with Gasteiger partial charge in [0.25, 0.3) is 0 Å². The van der Waals surface area contributed by atoms with Gasteiger partial charge in [-0.2, -0.15) is 0 Å². The maximum absolute atomic E-state index is 2.52. The summed E-state index contributed by atoms with van der Waals surface area (Å²) in [7, 11) is 5.03. The molecule has 4 saturated carbocycles. The van der Waals surface area contributed by atoms with Crippen molar-refractivity contribution in [2.24, 2.45) is 23.7 Å². The van der Waals surface area contributed by atoms with E-state index >= 15 is 0 Å². The molecule has 0 radical (unpaired) electrons. The number of rotatable bonds is 0. The van der Waals surface area contributed by atoms with Crippen molar-refractivity contribution >= 4 is 15.7 Å². The minimum absolute atomic E-state index is 1.06. The molecule has 4 aliphatic rings. The first-order chi connectivity index (χ1) is 5.75. The molecule has 0 amide bonds. The fourth-order valence-electron chi connectivity index (χ4n) is 4.58. The van der Waals surface area contributed by atoms with Gasteiger partial charge < -0.3 is 0 Å². The smallest absolute Gasteiger partial charge is 0.0645 e.